The maximum Gasteiger partial charge on any atom is 0.253 e. The van der Waals surface area contributed by atoms with Gasteiger partial charge in [0, 0.05) is 45.1 Å². The standard InChI is InChI=1S/C15H19N3O2S/c1-11(19)17-5-7-18(8-6-17)15(20)13-4-2-3-12(9-13)10-14(16)21/h2-4,9H,5-8,10H2,1H3,(H2,16,21). The Morgan fingerprint density at radius 2 is 1.81 bits per heavy atom. The van der Waals surface area contributed by atoms with Gasteiger partial charge in [-0.25, -0.2) is 0 Å². The second kappa shape index (κ2) is 6.67. The lowest BCUT2D eigenvalue weighted by atomic mass is 10.1. The van der Waals surface area contributed by atoms with E-state index in [1.165, 1.54) is 0 Å². The molecule has 0 aliphatic carbocycles. The van der Waals surface area contributed by atoms with E-state index in [9.17, 15) is 9.59 Å². The van der Waals surface area contributed by atoms with Crippen LogP contribution in [0.3, 0.4) is 0 Å². The number of rotatable bonds is 3. The van der Waals surface area contributed by atoms with Gasteiger partial charge < -0.3 is 15.5 Å². The zero-order chi connectivity index (χ0) is 15.4. The van der Waals surface area contributed by atoms with Crippen molar-refractivity contribution in [2.24, 2.45) is 5.73 Å². The van der Waals surface area contributed by atoms with E-state index in [1.54, 1.807) is 22.8 Å². The summed E-state index contributed by atoms with van der Waals surface area (Å²) >= 11 is 4.89. The Kier molecular flexibility index (Phi) is 4.90. The molecule has 21 heavy (non-hydrogen) atoms. The quantitative estimate of drug-likeness (QED) is 0.840. The van der Waals surface area contributed by atoms with Gasteiger partial charge in [0.15, 0.2) is 0 Å². The molecule has 112 valence electrons. The predicted octanol–water partition coefficient (Wildman–Crippen LogP) is 0.820. The average molecular weight is 305 g/mol. The van der Waals surface area contributed by atoms with Gasteiger partial charge in [-0.1, -0.05) is 24.4 Å². The maximum atomic E-state index is 12.5. The zero-order valence-electron chi connectivity index (χ0n) is 12.0. The highest BCUT2D eigenvalue weighted by molar-refractivity contribution is 7.80. The summed E-state index contributed by atoms with van der Waals surface area (Å²) in [7, 11) is 0. The Morgan fingerprint density at radius 3 is 2.38 bits per heavy atom. The molecule has 0 aromatic heterocycles. The van der Waals surface area contributed by atoms with E-state index >= 15 is 0 Å². The van der Waals surface area contributed by atoms with Gasteiger partial charge in [-0.2, -0.15) is 0 Å². The highest BCUT2D eigenvalue weighted by Crippen LogP contribution is 2.12. The summed E-state index contributed by atoms with van der Waals surface area (Å²) in [5, 5.41) is 0. The normalized spacial score (nSPS) is 14.9. The summed E-state index contributed by atoms with van der Waals surface area (Å²) in [4.78, 5) is 27.7. The lowest BCUT2D eigenvalue weighted by Crippen LogP contribution is -2.50. The third kappa shape index (κ3) is 4.01. The second-order valence-corrected chi connectivity index (χ2v) is 5.67. The molecule has 1 aliphatic heterocycles. The number of nitrogens with two attached hydrogens (primary N) is 1. The lowest BCUT2D eigenvalue weighted by Gasteiger charge is -2.34. The number of carbonyl (C=O) groups is 2. The van der Waals surface area contributed by atoms with Crippen LogP contribution in [0, 0.1) is 0 Å². The van der Waals surface area contributed by atoms with Gasteiger partial charge in [-0.3, -0.25) is 9.59 Å². The monoisotopic (exact) mass is 305 g/mol. The van der Waals surface area contributed by atoms with E-state index in [2.05, 4.69) is 0 Å². The number of piperazine rings is 1. The number of amides is 2. The van der Waals surface area contributed by atoms with Gasteiger partial charge in [0.1, 0.15) is 0 Å². The van der Waals surface area contributed by atoms with Gasteiger partial charge in [0.05, 0.1) is 4.99 Å². The molecule has 1 saturated heterocycles. The van der Waals surface area contributed by atoms with Crippen LogP contribution in [0.5, 0.6) is 0 Å². The number of hydrogen-bond acceptors (Lipinski definition) is 3. The number of carbonyl (C=O) groups excluding carboxylic acids is 2. The molecule has 6 heteroatoms. The Hall–Kier alpha value is -1.95. The third-order valence-corrected chi connectivity index (χ3v) is 3.71. The smallest absolute Gasteiger partial charge is 0.253 e. The van der Waals surface area contributed by atoms with Gasteiger partial charge in [-0.15, -0.1) is 0 Å². The number of hydrogen-bond donors (Lipinski definition) is 1. The first-order valence-corrected chi connectivity index (χ1v) is 7.30. The van der Waals surface area contributed by atoms with Crippen LogP contribution >= 0.6 is 12.2 Å². The third-order valence-electron chi connectivity index (χ3n) is 3.56. The molecule has 1 aliphatic rings. The molecule has 0 atom stereocenters. The Labute approximate surface area is 129 Å². The summed E-state index contributed by atoms with van der Waals surface area (Å²) in [6.07, 6.45) is 0.495. The van der Waals surface area contributed by atoms with E-state index in [-0.39, 0.29) is 11.8 Å². The molecule has 0 spiro atoms. The van der Waals surface area contributed by atoms with Crippen molar-refractivity contribution >= 4 is 29.0 Å². The van der Waals surface area contributed by atoms with Gasteiger partial charge in [0.2, 0.25) is 5.91 Å². The Bertz CT molecular complexity index is 566. The molecule has 1 heterocycles. The van der Waals surface area contributed by atoms with Crippen LogP contribution in [-0.4, -0.2) is 52.8 Å². The van der Waals surface area contributed by atoms with Gasteiger partial charge in [0.25, 0.3) is 5.91 Å². The van der Waals surface area contributed by atoms with Crippen LogP contribution in [0.2, 0.25) is 0 Å². The van der Waals surface area contributed by atoms with Crippen molar-refractivity contribution in [1.82, 2.24) is 9.80 Å². The van der Waals surface area contributed by atoms with Crippen LogP contribution in [0.4, 0.5) is 0 Å². The van der Waals surface area contributed by atoms with E-state index in [0.717, 1.165) is 5.56 Å². The summed E-state index contributed by atoms with van der Waals surface area (Å²) in [6.45, 7) is 3.87. The number of thiocarbonyl (C=S) groups is 1. The number of nitrogens with zero attached hydrogens (tertiary/aromatic N) is 2. The van der Waals surface area contributed by atoms with Crippen LogP contribution in [0.15, 0.2) is 24.3 Å². The van der Waals surface area contributed by atoms with Gasteiger partial charge >= 0.3 is 0 Å². The van der Waals surface area contributed by atoms with Gasteiger partial charge in [-0.05, 0) is 17.7 Å². The molecule has 1 aromatic rings. The molecule has 2 amide bonds. The zero-order valence-corrected chi connectivity index (χ0v) is 12.9. The summed E-state index contributed by atoms with van der Waals surface area (Å²) in [6, 6.07) is 7.37. The molecular formula is C15H19N3O2S. The van der Waals surface area contributed by atoms with Crippen LogP contribution < -0.4 is 5.73 Å². The van der Waals surface area contributed by atoms with E-state index in [1.807, 2.05) is 18.2 Å². The van der Waals surface area contributed by atoms with Crippen molar-refractivity contribution in [3.8, 4) is 0 Å². The van der Waals surface area contributed by atoms with Crippen LogP contribution in [0.25, 0.3) is 0 Å². The molecule has 0 saturated carbocycles. The molecule has 1 fully saturated rings. The molecule has 0 unspecified atom stereocenters. The first kappa shape index (κ1) is 15.4. The fraction of sp³-hybridized carbons (Fsp3) is 0.400. The fourth-order valence-corrected chi connectivity index (χ4v) is 2.59. The van der Waals surface area contributed by atoms with Crippen molar-refractivity contribution < 1.29 is 9.59 Å². The average Bonchev–Trinajstić information content (AvgIpc) is 2.46. The fourth-order valence-electron chi connectivity index (χ4n) is 2.42. The summed E-state index contributed by atoms with van der Waals surface area (Å²) < 4.78 is 0. The Balaban J connectivity index is 2.04. The van der Waals surface area contributed by atoms with Crippen molar-refractivity contribution in [1.29, 1.82) is 0 Å². The first-order valence-electron chi connectivity index (χ1n) is 6.89. The van der Waals surface area contributed by atoms with E-state index in [0.29, 0.717) is 43.2 Å². The van der Waals surface area contributed by atoms with Crippen molar-refractivity contribution in [3.63, 3.8) is 0 Å². The van der Waals surface area contributed by atoms with Crippen LogP contribution in [0.1, 0.15) is 22.8 Å². The van der Waals surface area contributed by atoms with Crippen molar-refractivity contribution in [2.75, 3.05) is 26.2 Å². The first-order chi connectivity index (χ1) is 9.97. The van der Waals surface area contributed by atoms with Crippen molar-refractivity contribution in [2.45, 2.75) is 13.3 Å². The molecule has 2 rings (SSSR count). The minimum atomic E-state index is -0.0111. The second-order valence-electron chi connectivity index (χ2n) is 5.14. The topological polar surface area (TPSA) is 66.6 Å². The number of benzene rings is 1. The van der Waals surface area contributed by atoms with Crippen LogP contribution in [-0.2, 0) is 11.2 Å². The molecule has 1 aromatic carbocycles. The predicted molar refractivity (Wildman–Crippen MR) is 85.1 cm³/mol. The maximum absolute atomic E-state index is 12.5. The minimum absolute atomic E-state index is 0.0111. The Morgan fingerprint density at radius 1 is 1.19 bits per heavy atom. The highest BCUT2D eigenvalue weighted by Gasteiger charge is 2.23. The molecule has 0 radical (unpaired) electrons. The summed E-state index contributed by atoms with van der Waals surface area (Å²) in [5.41, 5.74) is 7.12. The minimum Gasteiger partial charge on any atom is -0.393 e. The van der Waals surface area contributed by atoms with Crippen molar-refractivity contribution in [3.05, 3.63) is 35.4 Å². The molecule has 5 nitrogen and oxygen atoms in total. The summed E-state index contributed by atoms with van der Waals surface area (Å²) in [5.74, 6) is 0.0450. The van der Waals surface area contributed by atoms with E-state index in [4.69, 9.17) is 18.0 Å². The largest absolute Gasteiger partial charge is 0.393 e. The molecule has 0 bridgehead atoms. The lowest BCUT2D eigenvalue weighted by molar-refractivity contribution is -0.130. The SMILES string of the molecule is CC(=O)N1CCN(C(=O)c2cccc(CC(N)=S)c2)CC1. The molecule has 2 N–H and O–H groups in total. The molecular weight excluding hydrogens is 286 g/mol. The highest BCUT2D eigenvalue weighted by atomic mass is 32.1. The van der Waals surface area contributed by atoms with E-state index < -0.39 is 0 Å².